The molecule has 2 rings (SSSR count). The number of rotatable bonds is 3. The van der Waals surface area contributed by atoms with E-state index in [4.69, 9.17) is 0 Å². The van der Waals surface area contributed by atoms with Crippen molar-refractivity contribution in [2.24, 2.45) is 0 Å². The first-order valence-corrected chi connectivity index (χ1v) is 4.41. The molecule has 1 heterocycles. The average Bonchev–Trinajstić information content (AvgIpc) is 2.72. The van der Waals surface area contributed by atoms with Gasteiger partial charge < -0.3 is 5.11 Å². The zero-order valence-corrected chi connectivity index (χ0v) is 7.61. The Hall–Kier alpha value is -1.68. The van der Waals surface area contributed by atoms with Gasteiger partial charge >= 0.3 is 0 Å². The summed E-state index contributed by atoms with van der Waals surface area (Å²) in [4.78, 5) is 3.81. The summed E-state index contributed by atoms with van der Waals surface area (Å²) in [7, 11) is 0. The van der Waals surface area contributed by atoms with Crippen LogP contribution in [0.4, 0.5) is 0 Å². The first-order chi connectivity index (χ1) is 6.86. The summed E-state index contributed by atoms with van der Waals surface area (Å²) >= 11 is 0. The van der Waals surface area contributed by atoms with Gasteiger partial charge in [0.25, 0.3) is 0 Å². The van der Waals surface area contributed by atoms with Crippen LogP contribution in [-0.4, -0.2) is 19.9 Å². The zero-order valence-electron chi connectivity index (χ0n) is 7.61. The largest absolute Gasteiger partial charge is 0.386 e. The predicted molar refractivity (Wildman–Crippen MR) is 51.4 cm³/mol. The number of benzene rings is 1. The summed E-state index contributed by atoms with van der Waals surface area (Å²) in [6.07, 6.45) is 2.52. The second-order valence-electron chi connectivity index (χ2n) is 3.04. The van der Waals surface area contributed by atoms with Crippen molar-refractivity contribution in [3.63, 3.8) is 0 Å². The van der Waals surface area contributed by atoms with Crippen molar-refractivity contribution in [1.29, 1.82) is 0 Å². The van der Waals surface area contributed by atoms with E-state index in [-0.39, 0.29) is 0 Å². The Morgan fingerprint density at radius 3 is 2.71 bits per heavy atom. The lowest BCUT2D eigenvalue weighted by atomic mass is 10.1. The Balaban J connectivity index is 2.07. The normalized spacial score (nSPS) is 12.6. The fourth-order valence-electron chi connectivity index (χ4n) is 1.28. The first kappa shape index (κ1) is 8.90. The van der Waals surface area contributed by atoms with Gasteiger partial charge in [-0.05, 0) is 5.56 Å². The standard InChI is InChI=1S/C10H11N3O/c14-10(6-13-8-11-7-12-13)9-4-2-1-3-5-9/h1-5,7-8,10,14H,6H2/t10-/m1/s1. The van der Waals surface area contributed by atoms with Crippen molar-refractivity contribution in [2.75, 3.05) is 0 Å². The summed E-state index contributed by atoms with van der Waals surface area (Å²) in [5, 5.41) is 13.7. The van der Waals surface area contributed by atoms with E-state index in [0.29, 0.717) is 6.54 Å². The molecule has 0 fully saturated rings. The van der Waals surface area contributed by atoms with Crippen molar-refractivity contribution in [1.82, 2.24) is 14.8 Å². The van der Waals surface area contributed by atoms with Gasteiger partial charge in [-0.3, -0.25) is 4.68 Å². The number of aromatic nitrogens is 3. The first-order valence-electron chi connectivity index (χ1n) is 4.41. The van der Waals surface area contributed by atoms with Crippen molar-refractivity contribution < 1.29 is 5.11 Å². The summed E-state index contributed by atoms with van der Waals surface area (Å²) < 4.78 is 1.61. The minimum Gasteiger partial charge on any atom is -0.386 e. The summed E-state index contributed by atoms with van der Waals surface area (Å²) in [6, 6.07) is 9.51. The molecule has 0 amide bonds. The lowest BCUT2D eigenvalue weighted by Crippen LogP contribution is -2.08. The van der Waals surface area contributed by atoms with Crippen LogP contribution >= 0.6 is 0 Å². The monoisotopic (exact) mass is 189 g/mol. The van der Waals surface area contributed by atoms with Crippen molar-refractivity contribution >= 4 is 0 Å². The van der Waals surface area contributed by atoms with Crippen LogP contribution < -0.4 is 0 Å². The van der Waals surface area contributed by atoms with Crippen LogP contribution in [0, 0.1) is 0 Å². The van der Waals surface area contributed by atoms with Crippen LogP contribution in [-0.2, 0) is 6.54 Å². The number of hydrogen-bond donors (Lipinski definition) is 1. The molecule has 14 heavy (non-hydrogen) atoms. The van der Waals surface area contributed by atoms with E-state index in [1.54, 1.807) is 11.0 Å². The van der Waals surface area contributed by atoms with E-state index in [1.165, 1.54) is 6.33 Å². The van der Waals surface area contributed by atoms with Crippen LogP contribution in [0.1, 0.15) is 11.7 Å². The predicted octanol–water partition coefficient (Wildman–Crippen LogP) is 1.01. The Morgan fingerprint density at radius 2 is 2.07 bits per heavy atom. The van der Waals surface area contributed by atoms with Crippen LogP contribution in [0.3, 0.4) is 0 Å². The number of hydrogen-bond acceptors (Lipinski definition) is 3. The molecule has 4 nitrogen and oxygen atoms in total. The molecule has 1 N–H and O–H groups in total. The molecule has 4 heteroatoms. The highest BCUT2D eigenvalue weighted by molar-refractivity contribution is 5.16. The van der Waals surface area contributed by atoms with Gasteiger partial charge in [0.15, 0.2) is 0 Å². The van der Waals surface area contributed by atoms with Gasteiger partial charge in [0, 0.05) is 0 Å². The van der Waals surface area contributed by atoms with Gasteiger partial charge in [0.1, 0.15) is 12.7 Å². The molecule has 1 atom stereocenters. The van der Waals surface area contributed by atoms with Crippen LogP contribution in [0.15, 0.2) is 43.0 Å². The van der Waals surface area contributed by atoms with E-state index < -0.39 is 6.10 Å². The Labute approximate surface area is 81.8 Å². The lowest BCUT2D eigenvalue weighted by molar-refractivity contribution is 0.151. The van der Waals surface area contributed by atoms with E-state index in [9.17, 15) is 5.11 Å². The highest BCUT2D eigenvalue weighted by Gasteiger charge is 2.07. The highest BCUT2D eigenvalue weighted by atomic mass is 16.3. The van der Waals surface area contributed by atoms with Crippen LogP contribution in [0.2, 0.25) is 0 Å². The maximum absolute atomic E-state index is 9.80. The van der Waals surface area contributed by atoms with Gasteiger partial charge in [0.2, 0.25) is 0 Å². The average molecular weight is 189 g/mol. The minimum absolute atomic E-state index is 0.435. The van der Waals surface area contributed by atoms with Gasteiger partial charge in [-0.25, -0.2) is 4.98 Å². The molecular weight excluding hydrogens is 178 g/mol. The molecule has 0 unspecified atom stereocenters. The fourth-order valence-corrected chi connectivity index (χ4v) is 1.28. The Bertz CT molecular complexity index is 372. The maximum atomic E-state index is 9.80. The van der Waals surface area contributed by atoms with Crippen LogP contribution in [0.5, 0.6) is 0 Å². The summed E-state index contributed by atoms with van der Waals surface area (Å²) in [5.41, 5.74) is 0.892. The molecule has 72 valence electrons. The molecule has 0 bridgehead atoms. The zero-order chi connectivity index (χ0) is 9.80. The van der Waals surface area contributed by atoms with Gasteiger partial charge in [-0.15, -0.1) is 0 Å². The van der Waals surface area contributed by atoms with Crippen molar-refractivity contribution in [3.8, 4) is 0 Å². The topological polar surface area (TPSA) is 50.9 Å². The summed E-state index contributed by atoms with van der Waals surface area (Å²) in [6.45, 7) is 0.435. The third-order valence-electron chi connectivity index (χ3n) is 2.01. The molecule has 0 aliphatic rings. The molecule has 0 aliphatic heterocycles. The number of aliphatic hydroxyl groups is 1. The number of nitrogens with zero attached hydrogens (tertiary/aromatic N) is 3. The summed E-state index contributed by atoms with van der Waals surface area (Å²) in [5.74, 6) is 0. The number of aliphatic hydroxyl groups excluding tert-OH is 1. The second-order valence-corrected chi connectivity index (χ2v) is 3.04. The molecule has 0 radical (unpaired) electrons. The smallest absolute Gasteiger partial charge is 0.137 e. The fraction of sp³-hybridized carbons (Fsp3) is 0.200. The third-order valence-corrected chi connectivity index (χ3v) is 2.01. The molecule has 1 aromatic heterocycles. The second kappa shape index (κ2) is 4.02. The van der Waals surface area contributed by atoms with E-state index in [2.05, 4.69) is 10.1 Å². The molecule has 0 saturated carbocycles. The Kier molecular flexibility index (Phi) is 2.55. The van der Waals surface area contributed by atoms with E-state index in [0.717, 1.165) is 5.56 Å². The minimum atomic E-state index is -0.530. The quantitative estimate of drug-likeness (QED) is 0.784. The van der Waals surface area contributed by atoms with Gasteiger partial charge in [-0.2, -0.15) is 5.10 Å². The van der Waals surface area contributed by atoms with Crippen LogP contribution in [0.25, 0.3) is 0 Å². The van der Waals surface area contributed by atoms with E-state index >= 15 is 0 Å². The highest BCUT2D eigenvalue weighted by Crippen LogP contribution is 2.13. The van der Waals surface area contributed by atoms with Crippen molar-refractivity contribution in [2.45, 2.75) is 12.6 Å². The van der Waals surface area contributed by atoms with Crippen molar-refractivity contribution in [3.05, 3.63) is 48.5 Å². The molecule has 1 aromatic carbocycles. The molecule has 0 aliphatic carbocycles. The third kappa shape index (κ3) is 1.97. The maximum Gasteiger partial charge on any atom is 0.137 e. The molecular formula is C10H11N3O. The lowest BCUT2D eigenvalue weighted by Gasteiger charge is -2.09. The molecule has 2 aromatic rings. The molecule has 0 saturated heterocycles. The van der Waals surface area contributed by atoms with E-state index in [1.807, 2.05) is 30.3 Å². The van der Waals surface area contributed by atoms with Gasteiger partial charge in [0.05, 0.1) is 12.6 Å². The molecule has 0 spiro atoms. The SMILES string of the molecule is O[C@H](Cn1cncn1)c1ccccc1. The van der Waals surface area contributed by atoms with Gasteiger partial charge in [-0.1, -0.05) is 30.3 Å². The Morgan fingerprint density at radius 1 is 1.29 bits per heavy atom.